The van der Waals surface area contributed by atoms with Crippen molar-refractivity contribution in [2.45, 2.75) is 136 Å². The summed E-state index contributed by atoms with van der Waals surface area (Å²) in [6, 6.07) is 11.1. The SMILES string of the molecule is CCCCCCCCCCCc1nc2ccccc2cc1CCCCCCCCCC. The molecule has 0 N–H and O–H groups in total. The molecular weight excluding hydrogens is 374 g/mol. The molecule has 0 bridgehead atoms. The van der Waals surface area contributed by atoms with E-state index in [0.29, 0.717) is 0 Å². The van der Waals surface area contributed by atoms with Crippen LogP contribution in [0.25, 0.3) is 10.9 Å². The first-order valence-electron chi connectivity index (χ1n) is 13.7. The van der Waals surface area contributed by atoms with Crippen molar-refractivity contribution < 1.29 is 0 Å². The molecule has 1 aromatic heterocycles. The highest BCUT2D eigenvalue weighted by molar-refractivity contribution is 5.79. The molecular formula is C30H49N. The molecule has 0 aliphatic carbocycles. The lowest BCUT2D eigenvalue weighted by atomic mass is 9.98. The Hall–Kier alpha value is -1.37. The molecule has 31 heavy (non-hydrogen) atoms. The molecule has 1 aromatic carbocycles. The van der Waals surface area contributed by atoms with Crippen molar-refractivity contribution in [3.63, 3.8) is 0 Å². The number of nitrogens with zero attached hydrogens (tertiary/aromatic N) is 1. The first-order chi connectivity index (χ1) is 15.3. The van der Waals surface area contributed by atoms with Crippen LogP contribution in [0.15, 0.2) is 30.3 Å². The lowest BCUT2D eigenvalue weighted by molar-refractivity contribution is 0.562. The average molecular weight is 424 g/mol. The lowest BCUT2D eigenvalue weighted by Gasteiger charge is -2.11. The number of para-hydroxylation sites is 1. The summed E-state index contributed by atoms with van der Waals surface area (Å²) >= 11 is 0. The van der Waals surface area contributed by atoms with E-state index in [9.17, 15) is 0 Å². The highest BCUT2D eigenvalue weighted by atomic mass is 14.7. The maximum Gasteiger partial charge on any atom is 0.0705 e. The molecule has 0 spiro atoms. The maximum absolute atomic E-state index is 5.09. The van der Waals surface area contributed by atoms with Gasteiger partial charge in [-0.15, -0.1) is 0 Å². The summed E-state index contributed by atoms with van der Waals surface area (Å²) in [5.74, 6) is 0. The fourth-order valence-electron chi connectivity index (χ4n) is 4.68. The molecule has 0 aliphatic heterocycles. The third-order valence-electron chi connectivity index (χ3n) is 6.71. The van der Waals surface area contributed by atoms with E-state index in [0.717, 1.165) is 6.42 Å². The lowest BCUT2D eigenvalue weighted by Crippen LogP contribution is -2.00. The van der Waals surface area contributed by atoms with Crippen LogP contribution in [0.1, 0.15) is 134 Å². The number of hydrogen-bond donors (Lipinski definition) is 0. The average Bonchev–Trinajstić information content (AvgIpc) is 2.79. The Morgan fingerprint density at radius 1 is 0.548 bits per heavy atom. The van der Waals surface area contributed by atoms with Gasteiger partial charge < -0.3 is 0 Å². The number of unbranched alkanes of at least 4 members (excludes halogenated alkanes) is 15. The Morgan fingerprint density at radius 2 is 1.03 bits per heavy atom. The summed E-state index contributed by atoms with van der Waals surface area (Å²) in [5.41, 5.74) is 4.07. The van der Waals surface area contributed by atoms with E-state index in [1.54, 1.807) is 0 Å². The van der Waals surface area contributed by atoms with Gasteiger partial charge in [0.05, 0.1) is 5.52 Å². The van der Waals surface area contributed by atoms with Gasteiger partial charge in [0.2, 0.25) is 0 Å². The second-order valence-electron chi connectivity index (χ2n) is 9.59. The van der Waals surface area contributed by atoms with Gasteiger partial charge in [-0.1, -0.05) is 128 Å². The number of aryl methyl sites for hydroxylation is 2. The molecule has 0 saturated heterocycles. The Bertz CT molecular complexity index is 690. The molecule has 0 atom stereocenters. The molecule has 0 aliphatic rings. The number of fused-ring (bicyclic) bond motifs is 1. The number of pyridine rings is 1. The molecule has 174 valence electrons. The number of benzene rings is 1. The van der Waals surface area contributed by atoms with Crippen molar-refractivity contribution in [2.24, 2.45) is 0 Å². The van der Waals surface area contributed by atoms with Crippen molar-refractivity contribution in [2.75, 3.05) is 0 Å². The van der Waals surface area contributed by atoms with Crippen LogP contribution in [0.5, 0.6) is 0 Å². The predicted octanol–water partition coefficient (Wildman–Crippen LogP) is 9.99. The van der Waals surface area contributed by atoms with Crippen molar-refractivity contribution in [1.82, 2.24) is 4.98 Å². The summed E-state index contributed by atoms with van der Waals surface area (Å²) < 4.78 is 0. The Morgan fingerprint density at radius 3 is 1.61 bits per heavy atom. The molecule has 2 rings (SSSR count). The summed E-state index contributed by atoms with van der Waals surface area (Å²) in [5, 5.41) is 1.31. The maximum atomic E-state index is 5.09. The molecule has 1 nitrogen and oxygen atoms in total. The largest absolute Gasteiger partial charge is 0.253 e. The van der Waals surface area contributed by atoms with Crippen LogP contribution in [0.4, 0.5) is 0 Å². The van der Waals surface area contributed by atoms with Gasteiger partial charge >= 0.3 is 0 Å². The van der Waals surface area contributed by atoms with Crippen LogP contribution in [0.2, 0.25) is 0 Å². The Balaban J connectivity index is 1.75. The van der Waals surface area contributed by atoms with Crippen molar-refractivity contribution in [3.8, 4) is 0 Å². The van der Waals surface area contributed by atoms with Crippen molar-refractivity contribution in [3.05, 3.63) is 41.6 Å². The summed E-state index contributed by atoms with van der Waals surface area (Å²) in [4.78, 5) is 5.09. The van der Waals surface area contributed by atoms with Crippen molar-refractivity contribution >= 4 is 10.9 Å². The molecule has 2 aromatic rings. The Labute approximate surface area is 193 Å². The second kappa shape index (κ2) is 17.2. The van der Waals surface area contributed by atoms with Crippen LogP contribution in [0.3, 0.4) is 0 Å². The van der Waals surface area contributed by atoms with Gasteiger partial charge in [0, 0.05) is 11.1 Å². The molecule has 0 fully saturated rings. The molecule has 0 amide bonds. The van der Waals surface area contributed by atoms with Crippen LogP contribution < -0.4 is 0 Å². The molecule has 0 radical (unpaired) electrons. The minimum absolute atomic E-state index is 1.16. The van der Waals surface area contributed by atoms with Crippen LogP contribution in [-0.2, 0) is 12.8 Å². The third-order valence-corrected chi connectivity index (χ3v) is 6.71. The van der Waals surface area contributed by atoms with E-state index in [4.69, 9.17) is 4.98 Å². The summed E-state index contributed by atoms with van der Waals surface area (Å²) in [7, 11) is 0. The van der Waals surface area contributed by atoms with Crippen molar-refractivity contribution in [1.29, 1.82) is 0 Å². The van der Waals surface area contributed by atoms with Gasteiger partial charge in [-0.25, -0.2) is 0 Å². The van der Waals surface area contributed by atoms with E-state index >= 15 is 0 Å². The van der Waals surface area contributed by atoms with Gasteiger partial charge in [0.25, 0.3) is 0 Å². The van der Waals surface area contributed by atoms with E-state index in [2.05, 4.69) is 44.2 Å². The summed E-state index contributed by atoms with van der Waals surface area (Å²) in [6.45, 7) is 4.59. The molecule has 1 heterocycles. The van der Waals surface area contributed by atoms with Gasteiger partial charge in [0.1, 0.15) is 0 Å². The molecule has 1 heteroatoms. The van der Waals surface area contributed by atoms with E-state index in [1.807, 2.05) is 0 Å². The van der Waals surface area contributed by atoms with Crippen LogP contribution in [-0.4, -0.2) is 4.98 Å². The summed E-state index contributed by atoms with van der Waals surface area (Å²) in [6.07, 6.45) is 26.0. The minimum atomic E-state index is 1.16. The quantitative estimate of drug-likeness (QED) is 0.205. The fourth-order valence-corrected chi connectivity index (χ4v) is 4.68. The first kappa shape index (κ1) is 25.9. The van der Waals surface area contributed by atoms with Crippen LogP contribution in [0, 0.1) is 0 Å². The third kappa shape index (κ3) is 11.2. The zero-order valence-electron chi connectivity index (χ0n) is 20.8. The second-order valence-corrected chi connectivity index (χ2v) is 9.59. The van der Waals surface area contributed by atoms with Gasteiger partial charge in [-0.05, 0) is 43.4 Å². The minimum Gasteiger partial charge on any atom is -0.253 e. The predicted molar refractivity (Wildman–Crippen MR) is 139 cm³/mol. The van der Waals surface area contributed by atoms with E-state index < -0.39 is 0 Å². The molecule has 0 saturated carbocycles. The van der Waals surface area contributed by atoms with Crippen LogP contribution >= 0.6 is 0 Å². The zero-order chi connectivity index (χ0) is 22.0. The van der Waals surface area contributed by atoms with Gasteiger partial charge in [0.15, 0.2) is 0 Å². The highest BCUT2D eigenvalue weighted by Crippen LogP contribution is 2.21. The Kier molecular flexibility index (Phi) is 14.4. The van der Waals surface area contributed by atoms with Gasteiger partial charge in [-0.3, -0.25) is 4.98 Å². The highest BCUT2D eigenvalue weighted by Gasteiger charge is 2.07. The van der Waals surface area contributed by atoms with E-state index in [1.165, 1.54) is 138 Å². The standard InChI is InChI=1S/C30H49N/c1-3-5-7-9-11-13-15-17-19-24-29-27(22-18-16-14-12-10-8-6-4-2)26-28-23-20-21-25-30(28)31-29/h20-21,23,25-26H,3-19,22,24H2,1-2H3. The normalized spacial score (nSPS) is 11.4. The fraction of sp³-hybridized carbons (Fsp3) is 0.700. The first-order valence-corrected chi connectivity index (χ1v) is 13.7. The van der Waals surface area contributed by atoms with Gasteiger partial charge in [-0.2, -0.15) is 0 Å². The topological polar surface area (TPSA) is 12.9 Å². The zero-order valence-corrected chi connectivity index (χ0v) is 20.8. The monoisotopic (exact) mass is 423 g/mol. The smallest absolute Gasteiger partial charge is 0.0705 e. The number of aromatic nitrogens is 1. The number of rotatable bonds is 19. The number of hydrogen-bond acceptors (Lipinski definition) is 1. The molecule has 0 unspecified atom stereocenters. The van der Waals surface area contributed by atoms with E-state index in [-0.39, 0.29) is 0 Å².